The van der Waals surface area contributed by atoms with Crippen LogP contribution in [0.2, 0.25) is 0 Å². The van der Waals surface area contributed by atoms with Gasteiger partial charge in [0.15, 0.2) is 0 Å². The minimum atomic E-state index is 0.189. The van der Waals surface area contributed by atoms with Crippen molar-refractivity contribution < 1.29 is 9.95 Å². The van der Waals surface area contributed by atoms with Crippen LogP contribution in [0.1, 0.15) is 0 Å². The largest absolute Gasteiger partial charge is 0.594 e. The molecule has 3 rings (SSSR count). The summed E-state index contributed by atoms with van der Waals surface area (Å²) in [5.74, 6) is 0.189. The fourth-order valence-corrected chi connectivity index (χ4v) is 1.96. The molecule has 0 saturated carbocycles. The summed E-state index contributed by atoms with van der Waals surface area (Å²) in [5, 5.41) is 26.5. The third-order valence-corrected chi connectivity index (χ3v) is 2.80. The Labute approximate surface area is 103 Å². The summed E-state index contributed by atoms with van der Waals surface area (Å²) in [7, 11) is 0. The molecule has 0 saturated heterocycles. The normalized spacial score (nSPS) is 10.7. The van der Waals surface area contributed by atoms with Gasteiger partial charge in [-0.05, 0) is 30.3 Å². The van der Waals surface area contributed by atoms with Crippen molar-refractivity contribution in [1.82, 2.24) is 5.10 Å². The lowest BCUT2D eigenvalue weighted by Crippen LogP contribution is -2.30. The number of hydrogen-bond donors (Lipinski definition) is 1. The molecule has 1 heterocycles. The van der Waals surface area contributed by atoms with Gasteiger partial charge in [0.25, 0.3) is 0 Å². The first kappa shape index (κ1) is 10.5. The van der Waals surface area contributed by atoms with Gasteiger partial charge in [0.2, 0.25) is 6.20 Å². The molecule has 0 aliphatic rings. The van der Waals surface area contributed by atoms with E-state index in [1.54, 1.807) is 24.3 Å². The first-order valence-corrected chi connectivity index (χ1v) is 5.53. The molecule has 0 aliphatic heterocycles. The van der Waals surface area contributed by atoms with Crippen molar-refractivity contribution in [2.75, 3.05) is 0 Å². The lowest BCUT2D eigenvalue weighted by molar-refractivity contribution is -0.666. The highest BCUT2D eigenvalue weighted by Gasteiger charge is 2.10. The highest BCUT2D eigenvalue weighted by Crippen LogP contribution is 2.26. The first-order chi connectivity index (χ1) is 8.74. The molecule has 0 atom stereocenters. The fraction of sp³-hybridized carbons (Fsp3) is 0. The minimum absolute atomic E-state index is 0.189. The fourth-order valence-electron chi connectivity index (χ4n) is 1.96. The van der Waals surface area contributed by atoms with E-state index in [0.717, 1.165) is 16.3 Å². The molecule has 4 nitrogen and oxygen atoms in total. The molecule has 0 unspecified atom stereocenters. The van der Waals surface area contributed by atoms with Gasteiger partial charge in [-0.3, -0.25) is 0 Å². The Bertz CT molecular complexity index is 709. The number of aromatic nitrogens is 2. The maximum atomic E-state index is 11.5. The number of rotatable bonds is 1. The Morgan fingerprint density at radius 1 is 1.00 bits per heavy atom. The van der Waals surface area contributed by atoms with Crippen LogP contribution in [0.25, 0.3) is 22.0 Å². The molecule has 1 N–H and O–H groups in total. The van der Waals surface area contributed by atoms with Gasteiger partial charge in [-0.2, -0.15) is 0 Å². The van der Waals surface area contributed by atoms with Crippen LogP contribution >= 0.6 is 0 Å². The summed E-state index contributed by atoms with van der Waals surface area (Å²) in [6.45, 7) is 0. The van der Waals surface area contributed by atoms with Crippen LogP contribution in [-0.2, 0) is 0 Å². The molecular weight excluding hydrogens is 228 g/mol. The second-order valence-corrected chi connectivity index (χ2v) is 4.01. The zero-order valence-electron chi connectivity index (χ0n) is 9.45. The van der Waals surface area contributed by atoms with Gasteiger partial charge >= 0.3 is 0 Å². The molecule has 0 bridgehead atoms. The highest BCUT2D eigenvalue weighted by atomic mass is 16.5. The molecule has 88 valence electrons. The standard InChI is InChI=1S/C14H10N2O2/c17-12-7-5-10(6-8-12)14-13-4-2-1-3-11(13)9-16(18)15-14/h1-9,17H. The molecule has 0 aliphatic carbocycles. The van der Waals surface area contributed by atoms with Crippen molar-refractivity contribution in [1.29, 1.82) is 0 Å². The number of fused-ring (bicyclic) bond motifs is 1. The van der Waals surface area contributed by atoms with Crippen LogP contribution in [0.4, 0.5) is 0 Å². The maximum Gasteiger partial charge on any atom is 0.217 e. The lowest BCUT2D eigenvalue weighted by Gasteiger charge is -2.04. The molecule has 18 heavy (non-hydrogen) atoms. The van der Waals surface area contributed by atoms with Crippen LogP contribution in [0, 0.1) is 5.21 Å². The Hall–Kier alpha value is -2.62. The maximum absolute atomic E-state index is 11.5. The molecule has 4 heteroatoms. The number of aromatic hydroxyl groups is 1. The molecule has 0 spiro atoms. The monoisotopic (exact) mass is 238 g/mol. The number of hydrogen-bond acceptors (Lipinski definition) is 3. The van der Waals surface area contributed by atoms with E-state index >= 15 is 0 Å². The second kappa shape index (κ2) is 4.00. The molecule has 0 radical (unpaired) electrons. The van der Waals surface area contributed by atoms with E-state index in [9.17, 15) is 10.3 Å². The van der Waals surface area contributed by atoms with Crippen molar-refractivity contribution in [3.8, 4) is 17.0 Å². The van der Waals surface area contributed by atoms with Crippen LogP contribution in [0.5, 0.6) is 5.75 Å². The zero-order valence-corrected chi connectivity index (χ0v) is 9.45. The molecule has 3 aromatic rings. The predicted octanol–water partition coefficient (Wildman–Crippen LogP) is 2.24. The average molecular weight is 238 g/mol. The number of phenols is 1. The van der Waals surface area contributed by atoms with E-state index in [2.05, 4.69) is 5.10 Å². The third kappa shape index (κ3) is 1.73. The van der Waals surface area contributed by atoms with E-state index in [0.29, 0.717) is 10.5 Å². The summed E-state index contributed by atoms with van der Waals surface area (Å²) in [6, 6.07) is 14.2. The summed E-state index contributed by atoms with van der Waals surface area (Å²) in [5.41, 5.74) is 1.41. The highest BCUT2D eigenvalue weighted by molar-refractivity contribution is 5.93. The van der Waals surface area contributed by atoms with Gasteiger partial charge in [0.05, 0.1) is 5.39 Å². The molecular formula is C14H10N2O2. The van der Waals surface area contributed by atoms with Crippen LogP contribution in [-0.4, -0.2) is 10.2 Å². The number of phenolic OH excluding ortho intramolecular Hbond substituents is 1. The van der Waals surface area contributed by atoms with Gasteiger partial charge in [0.1, 0.15) is 11.4 Å². The smallest absolute Gasteiger partial charge is 0.217 e. The predicted molar refractivity (Wildman–Crippen MR) is 67.8 cm³/mol. The Morgan fingerprint density at radius 2 is 1.72 bits per heavy atom. The summed E-state index contributed by atoms with van der Waals surface area (Å²) in [6.07, 6.45) is 1.44. The van der Waals surface area contributed by atoms with Crippen LogP contribution < -0.4 is 4.85 Å². The summed E-state index contributed by atoms with van der Waals surface area (Å²) < 4.78 is 0. The van der Waals surface area contributed by atoms with Crippen molar-refractivity contribution in [2.24, 2.45) is 0 Å². The summed E-state index contributed by atoms with van der Waals surface area (Å²) >= 11 is 0. The van der Waals surface area contributed by atoms with Gasteiger partial charge in [-0.1, -0.05) is 23.0 Å². The zero-order chi connectivity index (χ0) is 12.5. The van der Waals surface area contributed by atoms with E-state index < -0.39 is 0 Å². The minimum Gasteiger partial charge on any atom is -0.594 e. The van der Waals surface area contributed by atoms with E-state index in [1.165, 1.54) is 6.20 Å². The van der Waals surface area contributed by atoms with Crippen LogP contribution in [0.3, 0.4) is 0 Å². The summed E-state index contributed by atoms with van der Waals surface area (Å²) in [4.78, 5) is 0.560. The van der Waals surface area contributed by atoms with Gasteiger partial charge < -0.3 is 10.3 Å². The van der Waals surface area contributed by atoms with Gasteiger partial charge in [-0.25, -0.2) is 0 Å². The van der Waals surface area contributed by atoms with Crippen molar-refractivity contribution in [2.45, 2.75) is 0 Å². The van der Waals surface area contributed by atoms with Crippen LogP contribution in [0.15, 0.2) is 54.7 Å². The average Bonchev–Trinajstić information content (AvgIpc) is 2.38. The van der Waals surface area contributed by atoms with E-state index in [4.69, 9.17) is 0 Å². The topological polar surface area (TPSA) is 60.1 Å². The SMILES string of the molecule is [O-][n+]1cc2ccccc2c(-c2ccc(O)cc2)n1. The van der Waals surface area contributed by atoms with Gasteiger partial charge in [0, 0.05) is 16.0 Å². The van der Waals surface area contributed by atoms with E-state index in [1.807, 2.05) is 24.3 Å². The second-order valence-electron chi connectivity index (χ2n) is 4.01. The van der Waals surface area contributed by atoms with Crippen molar-refractivity contribution in [3.63, 3.8) is 0 Å². The third-order valence-electron chi connectivity index (χ3n) is 2.80. The van der Waals surface area contributed by atoms with Crippen molar-refractivity contribution >= 4 is 10.8 Å². The molecule has 0 amide bonds. The number of nitrogens with zero attached hydrogens (tertiary/aromatic N) is 2. The quantitative estimate of drug-likeness (QED) is 0.522. The first-order valence-electron chi connectivity index (χ1n) is 5.53. The number of benzene rings is 2. The molecule has 2 aromatic carbocycles. The Morgan fingerprint density at radius 3 is 2.50 bits per heavy atom. The molecule has 1 aromatic heterocycles. The van der Waals surface area contributed by atoms with Crippen molar-refractivity contribution in [3.05, 3.63) is 59.9 Å². The molecule has 0 fully saturated rings. The van der Waals surface area contributed by atoms with Gasteiger partial charge in [-0.15, -0.1) is 0 Å². The Kier molecular flexibility index (Phi) is 2.34. The Balaban J connectivity index is 2.31. The van der Waals surface area contributed by atoms with E-state index in [-0.39, 0.29) is 5.75 Å². The lowest BCUT2D eigenvalue weighted by atomic mass is 10.1.